The molecule has 9 heteroatoms. The molecule has 6 nitrogen and oxygen atoms in total. The van der Waals surface area contributed by atoms with Gasteiger partial charge in [-0.15, -0.1) is 0 Å². The van der Waals surface area contributed by atoms with Crippen molar-refractivity contribution in [3.63, 3.8) is 0 Å². The summed E-state index contributed by atoms with van der Waals surface area (Å²) in [4.78, 5) is 14.1. The SMILES string of the molecule is Cc1ccc(S(=O)(=O)Nc2ccc3c(c2)CN([C@H](C)c2ccc(F)cc2)C(=O)CO3)cc1F. The maximum absolute atomic E-state index is 13.9. The van der Waals surface area contributed by atoms with E-state index in [1.807, 2.05) is 6.92 Å². The molecule has 1 amide bonds. The molecule has 3 aromatic rings. The molecule has 0 aromatic heterocycles. The molecule has 3 aromatic carbocycles. The van der Waals surface area contributed by atoms with Crippen LogP contribution in [0.15, 0.2) is 65.6 Å². The van der Waals surface area contributed by atoms with E-state index in [1.165, 1.54) is 30.3 Å². The van der Waals surface area contributed by atoms with Gasteiger partial charge in [0.25, 0.3) is 15.9 Å². The third-order valence-corrected chi connectivity index (χ3v) is 6.98. The van der Waals surface area contributed by atoms with E-state index >= 15 is 0 Å². The zero-order valence-corrected chi connectivity index (χ0v) is 18.8. The van der Waals surface area contributed by atoms with Crippen molar-refractivity contribution in [1.82, 2.24) is 4.90 Å². The van der Waals surface area contributed by atoms with E-state index in [1.54, 1.807) is 36.1 Å². The molecule has 33 heavy (non-hydrogen) atoms. The quantitative estimate of drug-likeness (QED) is 0.591. The number of ether oxygens (including phenoxy) is 1. The van der Waals surface area contributed by atoms with Gasteiger partial charge in [-0.05, 0) is 67.4 Å². The van der Waals surface area contributed by atoms with E-state index in [2.05, 4.69) is 4.72 Å². The van der Waals surface area contributed by atoms with Crippen LogP contribution in [0, 0.1) is 18.6 Å². The minimum atomic E-state index is -4.02. The number of aryl methyl sites for hydroxylation is 1. The summed E-state index contributed by atoms with van der Waals surface area (Å²) in [6.45, 7) is 3.37. The molecule has 0 unspecified atom stereocenters. The van der Waals surface area contributed by atoms with E-state index < -0.39 is 15.8 Å². The Bertz CT molecular complexity index is 1310. The van der Waals surface area contributed by atoms with Gasteiger partial charge in [0.05, 0.1) is 17.5 Å². The highest BCUT2D eigenvalue weighted by Gasteiger charge is 2.27. The van der Waals surface area contributed by atoms with E-state index in [0.717, 1.165) is 11.6 Å². The second-order valence-electron chi connectivity index (χ2n) is 7.88. The minimum absolute atomic E-state index is 0.168. The first kappa shape index (κ1) is 22.7. The van der Waals surface area contributed by atoms with Gasteiger partial charge in [-0.1, -0.05) is 18.2 Å². The van der Waals surface area contributed by atoms with Gasteiger partial charge in [-0.3, -0.25) is 9.52 Å². The van der Waals surface area contributed by atoms with Gasteiger partial charge in [-0.25, -0.2) is 17.2 Å². The maximum atomic E-state index is 13.9. The summed E-state index contributed by atoms with van der Waals surface area (Å²) in [7, 11) is -4.02. The van der Waals surface area contributed by atoms with E-state index in [-0.39, 0.29) is 41.5 Å². The van der Waals surface area contributed by atoms with Crippen LogP contribution < -0.4 is 9.46 Å². The summed E-state index contributed by atoms with van der Waals surface area (Å²) in [6, 6.07) is 13.9. The number of sulfonamides is 1. The topological polar surface area (TPSA) is 75.7 Å². The van der Waals surface area contributed by atoms with E-state index in [0.29, 0.717) is 16.9 Å². The molecule has 1 aliphatic heterocycles. The number of rotatable bonds is 5. The molecule has 0 saturated heterocycles. The monoisotopic (exact) mass is 472 g/mol. The van der Waals surface area contributed by atoms with Crippen LogP contribution in [0.2, 0.25) is 0 Å². The second-order valence-corrected chi connectivity index (χ2v) is 9.56. The fourth-order valence-electron chi connectivity index (χ4n) is 3.63. The van der Waals surface area contributed by atoms with Crippen molar-refractivity contribution >= 4 is 21.6 Å². The number of hydrogen-bond donors (Lipinski definition) is 1. The molecule has 0 fully saturated rings. The van der Waals surface area contributed by atoms with Crippen molar-refractivity contribution in [1.29, 1.82) is 0 Å². The maximum Gasteiger partial charge on any atom is 0.261 e. The average Bonchev–Trinajstić information content (AvgIpc) is 2.94. The molecule has 0 aliphatic carbocycles. The van der Waals surface area contributed by atoms with Gasteiger partial charge in [-0.2, -0.15) is 0 Å². The van der Waals surface area contributed by atoms with Crippen molar-refractivity contribution in [3.05, 3.63) is 89.0 Å². The lowest BCUT2D eigenvalue weighted by Crippen LogP contribution is -2.34. The Morgan fingerprint density at radius 2 is 1.76 bits per heavy atom. The summed E-state index contributed by atoms with van der Waals surface area (Å²) in [5.74, 6) is -0.772. The van der Waals surface area contributed by atoms with Crippen LogP contribution in [-0.4, -0.2) is 25.8 Å². The van der Waals surface area contributed by atoms with Crippen LogP contribution in [0.25, 0.3) is 0 Å². The van der Waals surface area contributed by atoms with Crippen LogP contribution in [0.3, 0.4) is 0 Å². The minimum Gasteiger partial charge on any atom is -0.483 e. The number of hydrogen-bond acceptors (Lipinski definition) is 4. The molecule has 1 aliphatic rings. The fourth-order valence-corrected chi connectivity index (χ4v) is 4.69. The molecule has 0 saturated carbocycles. The molecule has 172 valence electrons. The highest BCUT2D eigenvalue weighted by Crippen LogP contribution is 2.32. The summed E-state index contributed by atoms with van der Waals surface area (Å²) >= 11 is 0. The van der Waals surface area contributed by atoms with Crippen molar-refractivity contribution < 1.29 is 26.7 Å². The molecule has 1 heterocycles. The van der Waals surface area contributed by atoms with Crippen LogP contribution in [0.4, 0.5) is 14.5 Å². The van der Waals surface area contributed by atoms with E-state index in [4.69, 9.17) is 4.74 Å². The molecular weight excluding hydrogens is 450 g/mol. The normalized spacial score (nSPS) is 14.8. The van der Waals surface area contributed by atoms with Gasteiger partial charge in [0.1, 0.15) is 17.4 Å². The predicted octanol–water partition coefficient (Wildman–Crippen LogP) is 4.56. The summed E-state index contributed by atoms with van der Waals surface area (Å²) in [5.41, 5.74) is 1.95. The molecule has 0 spiro atoms. The highest BCUT2D eigenvalue weighted by atomic mass is 32.2. The number of amides is 1. The summed E-state index contributed by atoms with van der Waals surface area (Å²) in [6.07, 6.45) is 0. The number of fused-ring (bicyclic) bond motifs is 1. The Morgan fingerprint density at radius 1 is 1.03 bits per heavy atom. The molecule has 0 bridgehead atoms. The van der Waals surface area contributed by atoms with Crippen LogP contribution in [-0.2, 0) is 21.4 Å². The van der Waals surface area contributed by atoms with Crippen LogP contribution in [0.5, 0.6) is 5.75 Å². The van der Waals surface area contributed by atoms with Crippen LogP contribution in [0.1, 0.15) is 29.7 Å². The number of carbonyl (C=O) groups is 1. The second kappa shape index (κ2) is 8.82. The lowest BCUT2D eigenvalue weighted by molar-refractivity contribution is -0.135. The average molecular weight is 473 g/mol. The number of anilines is 1. The summed E-state index contributed by atoms with van der Waals surface area (Å²) < 4.78 is 60.7. The lowest BCUT2D eigenvalue weighted by atomic mass is 10.1. The Hall–Kier alpha value is -3.46. The Labute approximate surface area is 190 Å². The van der Waals surface area contributed by atoms with Crippen molar-refractivity contribution in [3.8, 4) is 5.75 Å². The van der Waals surface area contributed by atoms with Gasteiger partial charge < -0.3 is 9.64 Å². The van der Waals surface area contributed by atoms with Gasteiger partial charge in [0, 0.05) is 11.3 Å². The largest absolute Gasteiger partial charge is 0.483 e. The van der Waals surface area contributed by atoms with Crippen molar-refractivity contribution in [2.24, 2.45) is 0 Å². The number of halogens is 2. The summed E-state index contributed by atoms with van der Waals surface area (Å²) in [5, 5.41) is 0. The molecule has 4 rings (SSSR count). The number of carbonyl (C=O) groups excluding carboxylic acids is 1. The zero-order valence-electron chi connectivity index (χ0n) is 18.0. The zero-order chi connectivity index (χ0) is 23.8. The third-order valence-electron chi connectivity index (χ3n) is 5.60. The first-order chi connectivity index (χ1) is 15.6. The Balaban J connectivity index is 1.61. The van der Waals surface area contributed by atoms with Crippen LogP contribution >= 0.6 is 0 Å². The van der Waals surface area contributed by atoms with E-state index in [9.17, 15) is 22.0 Å². The first-order valence-corrected chi connectivity index (χ1v) is 11.7. The molecule has 1 N–H and O–H groups in total. The van der Waals surface area contributed by atoms with Gasteiger partial charge in [0.2, 0.25) is 0 Å². The van der Waals surface area contributed by atoms with Gasteiger partial charge >= 0.3 is 0 Å². The fraction of sp³-hybridized carbons (Fsp3) is 0.208. The molecule has 1 atom stereocenters. The van der Waals surface area contributed by atoms with Crippen molar-refractivity contribution in [2.75, 3.05) is 11.3 Å². The standard InChI is InChI=1S/C24H22F2N2O4S/c1-15-3-9-21(12-22(15)26)33(30,31)27-20-8-10-23-18(11-20)13-28(24(29)14-32-23)16(2)17-4-6-19(25)7-5-17/h3-12,16,27H,13-14H2,1-2H3/t16-/m1/s1. The van der Waals surface area contributed by atoms with Crippen molar-refractivity contribution in [2.45, 2.75) is 31.3 Å². The number of benzene rings is 3. The molecular formula is C24H22F2N2O4S. The number of nitrogens with zero attached hydrogens (tertiary/aromatic N) is 1. The lowest BCUT2D eigenvalue weighted by Gasteiger charge is -2.28. The highest BCUT2D eigenvalue weighted by molar-refractivity contribution is 7.92. The smallest absolute Gasteiger partial charge is 0.261 e. The first-order valence-electron chi connectivity index (χ1n) is 10.2. The Morgan fingerprint density at radius 3 is 2.45 bits per heavy atom. The number of nitrogens with one attached hydrogen (secondary N) is 1. The Kier molecular flexibility index (Phi) is 6.07. The van der Waals surface area contributed by atoms with Gasteiger partial charge in [0.15, 0.2) is 6.61 Å². The third kappa shape index (κ3) is 4.83. The predicted molar refractivity (Wildman–Crippen MR) is 119 cm³/mol. The molecule has 0 radical (unpaired) electrons.